The summed E-state index contributed by atoms with van der Waals surface area (Å²) in [6.45, 7) is 3.77. The Labute approximate surface area is 150 Å². The molecule has 0 saturated heterocycles. The number of aryl methyl sites for hydroxylation is 1. The van der Waals surface area contributed by atoms with Crippen LogP contribution in [0.1, 0.15) is 41.0 Å². The molecule has 25 heavy (non-hydrogen) atoms. The van der Waals surface area contributed by atoms with E-state index in [1.165, 1.54) is 22.3 Å². The molecule has 0 spiro atoms. The quantitative estimate of drug-likeness (QED) is 0.910. The lowest BCUT2D eigenvalue weighted by molar-refractivity contribution is -0.121. The number of amides is 1. The van der Waals surface area contributed by atoms with E-state index in [1.54, 1.807) is 0 Å². The Morgan fingerprint density at radius 3 is 2.64 bits per heavy atom. The van der Waals surface area contributed by atoms with Gasteiger partial charge in [0, 0.05) is 32.6 Å². The molecule has 4 rings (SSSR count). The number of carbonyl (C=O) groups excluding carboxylic acids is 1. The summed E-state index contributed by atoms with van der Waals surface area (Å²) < 4.78 is 0. The Hall–Kier alpha value is -2.13. The molecule has 0 bridgehead atoms. The first-order valence-electron chi connectivity index (χ1n) is 9.43. The minimum Gasteiger partial charge on any atom is -0.355 e. The van der Waals surface area contributed by atoms with Crippen molar-refractivity contribution >= 4 is 5.91 Å². The van der Waals surface area contributed by atoms with Gasteiger partial charge in [0.15, 0.2) is 0 Å². The number of nitrogens with zero attached hydrogens (tertiary/aromatic N) is 1. The fraction of sp³-hybridized carbons (Fsp3) is 0.409. The fourth-order valence-corrected chi connectivity index (χ4v) is 4.25. The summed E-state index contributed by atoms with van der Waals surface area (Å²) in [5.74, 6) is 0.595. The highest BCUT2D eigenvalue weighted by atomic mass is 16.1. The van der Waals surface area contributed by atoms with Crippen molar-refractivity contribution < 1.29 is 4.79 Å². The van der Waals surface area contributed by atoms with Crippen molar-refractivity contribution in [3.8, 4) is 0 Å². The van der Waals surface area contributed by atoms with Gasteiger partial charge >= 0.3 is 0 Å². The van der Waals surface area contributed by atoms with E-state index in [1.807, 2.05) is 0 Å². The van der Waals surface area contributed by atoms with E-state index in [9.17, 15) is 4.79 Å². The number of fused-ring (bicyclic) bond motifs is 2. The molecule has 1 N–H and O–H groups in total. The van der Waals surface area contributed by atoms with Crippen LogP contribution in [0, 0.1) is 0 Å². The largest absolute Gasteiger partial charge is 0.355 e. The first-order chi connectivity index (χ1) is 12.3. The topological polar surface area (TPSA) is 32.3 Å². The third-order valence-electron chi connectivity index (χ3n) is 5.65. The van der Waals surface area contributed by atoms with Gasteiger partial charge in [0.1, 0.15) is 0 Å². The zero-order valence-electron chi connectivity index (χ0n) is 14.7. The maximum absolute atomic E-state index is 12.3. The minimum absolute atomic E-state index is 0.194. The van der Waals surface area contributed by atoms with E-state index in [4.69, 9.17) is 0 Å². The van der Waals surface area contributed by atoms with Gasteiger partial charge in [0.2, 0.25) is 5.91 Å². The average molecular weight is 334 g/mol. The summed E-state index contributed by atoms with van der Waals surface area (Å²) in [6, 6.07) is 17.2. The van der Waals surface area contributed by atoms with Crippen molar-refractivity contribution in [1.29, 1.82) is 0 Å². The van der Waals surface area contributed by atoms with Crippen molar-refractivity contribution in [3.05, 3.63) is 70.8 Å². The molecule has 3 heteroatoms. The van der Waals surface area contributed by atoms with Gasteiger partial charge in [-0.25, -0.2) is 0 Å². The van der Waals surface area contributed by atoms with Gasteiger partial charge in [-0.05, 0) is 47.4 Å². The van der Waals surface area contributed by atoms with E-state index in [-0.39, 0.29) is 5.91 Å². The lowest BCUT2D eigenvalue weighted by atomic mass is 9.97. The summed E-state index contributed by atoms with van der Waals surface area (Å²) in [5, 5.41) is 3.13. The van der Waals surface area contributed by atoms with Crippen molar-refractivity contribution in [3.63, 3.8) is 0 Å². The van der Waals surface area contributed by atoms with Crippen LogP contribution in [-0.2, 0) is 24.2 Å². The van der Waals surface area contributed by atoms with Crippen LogP contribution in [-0.4, -0.2) is 30.4 Å². The number of benzene rings is 2. The van der Waals surface area contributed by atoms with Gasteiger partial charge in [0.25, 0.3) is 0 Å². The lowest BCUT2D eigenvalue weighted by Crippen LogP contribution is -2.38. The number of rotatable bonds is 5. The molecular formula is C22H26N2O. The first-order valence-corrected chi connectivity index (χ1v) is 9.43. The summed E-state index contributed by atoms with van der Waals surface area (Å²) in [6.07, 6.45) is 3.96. The summed E-state index contributed by atoms with van der Waals surface area (Å²) >= 11 is 0. The molecule has 0 radical (unpaired) electrons. The highest BCUT2D eigenvalue weighted by molar-refractivity contribution is 5.77. The number of carbonyl (C=O) groups is 1. The van der Waals surface area contributed by atoms with E-state index in [2.05, 4.69) is 58.7 Å². The monoisotopic (exact) mass is 334 g/mol. The van der Waals surface area contributed by atoms with Crippen LogP contribution in [0.4, 0.5) is 0 Å². The van der Waals surface area contributed by atoms with Gasteiger partial charge in [-0.1, -0.05) is 48.5 Å². The molecule has 0 saturated carbocycles. The Kier molecular flexibility index (Phi) is 4.84. The van der Waals surface area contributed by atoms with Crippen LogP contribution in [0.5, 0.6) is 0 Å². The van der Waals surface area contributed by atoms with Gasteiger partial charge in [-0.2, -0.15) is 0 Å². The van der Waals surface area contributed by atoms with Crippen LogP contribution in [0.3, 0.4) is 0 Å². The molecule has 0 fully saturated rings. The highest BCUT2D eigenvalue weighted by Crippen LogP contribution is 2.35. The predicted octanol–water partition coefficient (Wildman–Crippen LogP) is 3.28. The molecule has 1 heterocycles. The van der Waals surface area contributed by atoms with Crippen LogP contribution in [0.15, 0.2) is 48.5 Å². The first kappa shape index (κ1) is 16.3. The molecule has 2 aliphatic rings. The fourth-order valence-electron chi connectivity index (χ4n) is 4.25. The molecule has 130 valence electrons. The Bertz CT molecular complexity index is 755. The van der Waals surface area contributed by atoms with Crippen LogP contribution in [0.25, 0.3) is 0 Å². The van der Waals surface area contributed by atoms with Crippen LogP contribution in [0.2, 0.25) is 0 Å². The maximum atomic E-state index is 12.3. The van der Waals surface area contributed by atoms with Crippen molar-refractivity contribution in [2.24, 2.45) is 0 Å². The van der Waals surface area contributed by atoms with E-state index in [0.717, 1.165) is 45.4 Å². The molecule has 2 aromatic carbocycles. The van der Waals surface area contributed by atoms with Gasteiger partial charge in [-0.3, -0.25) is 9.69 Å². The maximum Gasteiger partial charge on any atom is 0.220 e. The normalized spacial score (nSPS) is 19.3. The minimum atomic E-state index is 0.194. The second-order valence-electron chi connectivity index (χ2n) is 7.28. The van der Waals surface area contributed by atoms with E-state index < -0.39 is 0 Å². The molecule has 1 amide bonds. The third kappa shape index (κ3) is 3.77. The zero-order valence-corrected chi connectivity index (χ0v) is 14.7. The second-order valence-corrected chi connectivity index (χ2v) is 7.28. The van der Waals surface area contributed by atoms with E-state index >= 15 is 0 Å². The standard InChI is InChI=1S/C22H26N2O/c25-22(15-19-10-9-18-6-3-4-8-21(18)19)23-12-14-24-13-11-17-5-1-2-7-20(17)16-24/h1-8,19H,9-16H2,(H,23,25). The third-order valence-corrected chi connectivity index (χ3v) is 5.65. The molecular weight excluding hydrogens is 308 g/mol. The molecule has 2 aromatic rings. The number of nitrogens with one attached hydrogen (secondary N) is 1. The van der Waals surface area contributed by atoms with Gasteiger partial charge in [-0.15, -0.1) is 0 Å². The van der Waals surface area contributed by atoms with Gasteiger partial charge in [0.05, 0.1) is 0 Å². The smallest absolute Gasteiger partial charge is 0.220 e. The zero-order chi connectivity index (χ0) is 17.1. The van der Waals surface area contributed by atoms with Crippen molar-refractivity contribution in [2.75, 3.05) is 19.6 Å². The average Bonchev–Trinajstić information content (AvgIpc) is 3.05. The molecule has 1 aliphatic heterocycles. The Balaban J connectivity index is 1.23. The van der Waals surface area contributed by atoms with Crippen LogP contribution < -0.4 is 5.32 Å². The molecule has 0 aromatic heterocycles. The van der Waals surface area contributed by atoms with Crippen LogP contribution >= 0.6 is 0 Å². The Morgan fingerprint density at radius 1 is 1.00 bits per heavy atom. The predicted molar refractivity (Wildman–Crippen MR) is 101 cm³/mol. The Morgan fingerprint density at radius 2 is 1.76 bits per heavy atom. The summed E-state index contributed by atoms with van der Waals surface area (Å²) in [5.41, 5.74) is 5.71. The van der Waals surface area contributed by atoms with Gasteiger partial charge < -0.3 is 5.32 Å². The summed E-state index contributed by atoms with van der Waals surface area (Å²) in [4.78, 5) is 14.8. The van der Waals surface area contributed by atoms with E-state index in [0.29, 0.717) is 12.3 Å². The summed E-state index contributed by atoms with van der Waals surface area (Å²) in [7, 11) is 0. The molecule has 1 atom stereocenters. The molecule has 1 aliphatic carbocycles. The highest BCUT2D eigenvalue weighted by Gasteiger charge is 2.24. The molecule has 3 nitrogen and oxygen atoms in total. The van der Waals surface area contributed by atoms with Crippen molar-refractivity contribution in [1.82, 2.24) is 10.2 Å². The molecule has 1 unspecified atom stereocenters. The lowest BCUT2D eigenvalue weighted by Gasteiger charge is -2.28. The van der Waals surface area contributed by atoms with Crippen molar-refractivity contribution in [2.45, 2.75) is 38.1 Å². The number of hydrogen-bond donors (Lipinski definition) is 1. The SMILES string of the molecule is O=C(CC1CCc2ccccc21)NCCN1CCc2ccccc2C1. The second kappa shape index (κ2) is 7.40. The number of hydrogen-bond acceptors (Lipinski definition) is 2.